The Morgan fingerprint density at radius 3 is 2.62 bits per heavy atom. The number of carbonyl (C=O) groups is 1. The zero-order valence-corrected chi connectivity index (χ0v) is 13.9. The van der Waals surface area contributed by atoms with Crippen molar-refractivity contribution in [3.8, 4) is 5.75 Å². The number of nitro benzene ring substituents is 1. The summed E-state index contributed by atoms with van der Waals surface area (Å²) in [5.74, 6) is 0.287. The predicted molar refractivity (Wildman–Crippen MR) is 92.3 cm³/mol. The first-order valence-electron chi connectivity index (χ1n) is 7.70. The number of non-ortho nitro benzene ring substituents is 1. The Bertz CT molecular complexity index is 758. The summed E-state index contributed by atoms with van der Waals surface area (Å²) in [6.45, 7) is 5.57. The number of hydrogen-bond donors (Lipinski definition) is 1. The van der Waals surface area contributed by atoms with Crippen molar-refractivity contribution in [1.82, 2.24) is 0 Å². The highest BCUT2D eigenvalue weighted by Gasteiger charge is 2.20. The molecule has 0 aliphatic heterocycles. The van der Waals surface area contributed by atoms with Gasteiger partial charge in [-0.15, -0.1) is 0 Å². The van der Waals surface area contributed by atoms with Crippen LogP contribution in [0.5, 0.6) is 5.75 Å². The first kappa shape index (κ1) is 17.5. The monoisotopic (exact) mass is 328 g/mol. The van der Waals surface area contributed by atoms with E-state index in [4.69, 9.17) is 4.74 Å². The Labute approximate surface area is 140 Å². The molecule has 2 aromatic carbocycles. The van der Waals surface area contributed by atoms with Gasteiger partial charge in [0.25, 0.3) is 11.6 Å². The first-order valence-corrected chi connectivity index (χ1v) is 7.70. The number of nitrogens with zero attached hydrogens (tertiary/aromatic N) is 1. The molecule has 0 saturated carbocycles. The quantitative estimate of drug-likeness (QED) is 0.641. The SMILES string of the molecule is CC[C@@H](Oc1cccc(C)c1)C(=O)Nc1cc([N+](=O)[O-])ccc1C. The molecule has 0 saturated heterocycles. The maximum Gasteiger partial charge on any atom is 0.271 e. The van der Waals surface area contributed by atoms with Crippen LogP contribution >= 0.6 is 0 Å². The van der Waals surface area contributed by atoms with E-state index in [1.165, 1.54) is 12.1 Å². The number of nitrogens with one attached hydrogen (secondary N) is 1. The van der Waals surface area contributed by atoms with Gasteiger partial charge in [0.05, 0.1) is 10.6 Å². The van der Waals surface area contributed by atoms with Crippen LogP contribution < -0.4 is 10.1 Å². The third-order valence-electron chi connectivity index (χ3n) is 3.62. The van der Waals surface area contributed by atoms with E-state index in [1.807, 2.05) is 32.0 Å². The molecule has 0 fully saturated rings. The van der Waals surface area contributed by atoms with Gasteiger partial charge in [-0.1, -0.05) is 25.1 Å². The normalized spacial score (nSPS) is 11.6. The van der Waals surface area contributed by atoms with Crippen molar-refractivity contribution in [3.63, 3.8) is 0 Å². The molecule has 0 heterocycles. The van der Waals surface area contributed by atoms with Crippen molar-refractivity contribution in [3.05, 3.63) is 63.7 Å². The second kappa shape index (κ2) is 7.59. The van der Waals surface area contributed by atoms with Gasteiger partial charge in [0.15, 0.2) is 6.10 Å². The average molecular weight is 328 g/mol. The predicted octanol–water partition coefficient (Wildman–Crippen LogP) is 4.01. The van der Waals surface area contributed by atoms with Crippen molar-refractivity contribution in [2.45, 2.75) is 33.3 Å². The summed E-state index contributed by atoms with van der Waals surface area (Å²) < 4.78 is 5.75. The molecule has 1 N–H and O–H groups in total. The minimum atomic E-state index is -0.675. The van der Waals surface area contributed by atoms with Crippen molar-refractivity contribution in [2.24, 2.45) is 0 Å². The van der Waals surface area contributed by atoms with Crippen molar-refractivity contribution in [2.75, 3.05) is 5.32 Å². The average Bonchev–Trinajstić information content (AvgIpc) is 2.54. The number of anilines is 1. The van der Waals surface area contributed by atoms with Crippen molar-refractivity contribution in [1.29, 1.82) is 0 Å². The van der Waals surface area contributed by atoms with E-state index in [0.29, 0.717) is 17.9 Å². The minimum absolute atomic E-state index is 0.0662. The molecule has 0 aliphatic rings. The second-order valence-electron chi connectivity index (χ2n) is 5.58. The summed E-state index contributed by atoms with van der Waals surface area (Å²) in [6, 6.07) is 11.8. The lowest BCUT2D eigenvalue weighted by Gasteiger charge is -2.18. The smallest absolute Gasteiger partial charge is 0.271 e. The summed E-state index contributed by atoms with van der Waals surface area (Å²) in [5.41, 5.74) is 2.14. The van der Waals surface area contributed by atoms with E-state index in [1.54, 1.807) is 19.1 Å². The molecule has 6 heteroatoms. The lowest BCUT2D eigenvalue weighted by atomic mass is 10.1. The highest BCUT2D eigenvalue weighted by Crippen LogP contribution is 2.23. The molecule has 0 aliphatic carbocycles. The Morgan fingerprint density at radius 1 is 1.25 bits per heavy atom. The summed E-state index contributed by atoms with van der Waals surface area (Å²) in [6.07, 6.45) is -0.196. The summed E-state index contributed by atoms with van der Waals surface area (Å²) in [5, 5.41) is 13.6. The number of benzene rings is 2. The van der Waals surface area contributed by atoms with E-state index in [2.05, 4.69) is 5.32 Å². The number of rotatable bonds is 6. The molecule has 126 valence electrons. The Hall–Kier alpha value is -2.89. The van der Waals surface area contributed by atoms with Crippen LogP contribution in [-0.4, -0.2) is 16.9 Å². The van der Waals surface area contributed by atoms with Gasteiger partial charge in [-0.25, -0.2) is 0 Å². The van der Waals surface area contributed by atoms with E-state index in [-0.39, 0.29) is 11.6 Å². The molecule has 0 radical (unpaired) electrons. The zero-order chi connectivity index (χ0) is 17.7. The van der Waals surface area contributed by atoms with Crippen LogP contribution in [0.3, 0.4) is 0 Å². The van der Waals surface area contributed by atoms with Crippen LogP contribution in [-0.2, 0) is 4.79 Å². The molecule has 6 nitrogen and oxygen atoms in total. The molecule has 1 atom stereocenters. The number of nitro groups is 1. The van der Waals surface area contributed by atoms with Crippen LogP contribution in [0.15, 0.2) is 42.5 Å². The Balaban J connectivity index is 2.15. The highest BCUT2D eigenvalue weighted by atomic mass is 16.6. The van der Waals surface area contributed by atoms with E-state index < -0.39 is 11.0 Å². The third kappa shape index (κ3) is 4.32. The van der Waals surface area contributed by atoms with Gasteiger partial charge in [0, 0.05) is 12.1 Å². The van der Waals surface area contributed by atoms with Gasteiger partial charge < -0.3 is 10.1 Å². The van der Waals surface area contributed by atoms with Crippen LogP contribution in [0.2, 0.25) is 0 Å². The number of carbonyl (C=O) groups excluding carboxylic acids is 1. The number of hydrogen-bond acceptors (Lipinski definition) is 4. The summed E-state index contributed by atoms with van der Waals surface area (Å²) >= 11 is 0. The molecule has 24 heavy (non-hydrogen) atoms. The fraction of sp³-hybridized carbons (Fsp3) is 0.278. The molecule has 0 aromatic heterocycles. The lowest BCUT2D eigenvalue weighted by Crippen LogP contribution is -2.32. The molecule has 2 rings (SSSR count). The minimum Gasteiger partial charge on any atom is -0.481 e. The topological polar surface area (TPSA) is 81.5 Å². The molecule has 0 spiro atoms. The first-order chi connectivity index (χ1) is 11.4. The van der Waals surface area contributed by atoms with Crippen LogP contribution in [0, 0.1) is 24.0 Å². The van der Waals surface area contributed by atoms with Gasteiger partial charge in [-0.05, 0) is 43.5 Å². The maximum atomic E-state index is 12.5. The number of ether oxygens (including phenoxy) is 1. The molecule has 2 aromatic rings. The van der Waals surface area contributed by atoms with E-state index >= 15 is 0 Å². The van der Waals surface area contributed by atoms with Crippen LogP contribution in [0.1, 0.15) is 24.5 Å². The molecule has 1 amide bonds. The van der Waals surface area contributed by atoms with Gasteiger partial charge in [-0.2, -0.15) is 0 Å². The fourth-order valence-electron chi connectivity index (χ4n) is 2.25. The van der Waals surface area contributed by atoms with Gasteiger partial charge in [0.1, 0.15) is 5.75 Å². The zero-order valence-electron chi connectivity index (χ0n) is 13.9. The maximum absolute atomic E-state index is 12.5. The van der Waals surface area contributed by atoms with Gasteiger partial charge >= 0.3 is 0 Å². The van der Waals surface area contributed by atoms with Gasteiger partial charge in [-0.3, -0.25) is 14.9 Å². The Kier molecular flexibility index (Phi) is 5.52. The summed E-state index contributed by atoms with van der Waals surface area (Å²) in [7, 11) is 0. The summed E-state index contributed by atoms with van der Waals surface area (Å²) in [4.78, 5) is 22.9. The number of amides is 1. The third-order valence-corrected chi connectivity index (χ3v) is 3.62. The van der Waals surface area contributed by atoms with Crippen molar-refractivity contribution >= 4 is 17.3 Å². The standard InChI is InChI=1S/C18H20N2O4/c1-4-17(24-15-7-5-6-12(2)10-15)18(21)19-16-11-14(20(22)23)9-8-13(16)3/h5-11,17H,4H2,1-3H3,(H,19,21)/t17-/m1/s1. The van der Waals surface area contributed by atoms with E-state index in [9.17, 15) is 14.9 Å². The van der Waals surface area contributed by atoms with Crippen molar-refractivity contribution < 1.29 is 14.5 Å². The lowest BCUT2D eigenvalue weighted by molar-refractivity contribution is -0.384. The molecule has 0 bridgehead atoms. The van der Waals surface area contributed by atoms with Crippen LogP contribution in [0.25, 0.3) is 0 Å². The Morgan fingerprint density at radius 2 is 2.00 bits per heavy atom. The highest BCUT2D eigenvalue weighted by molar-refractivity contribution is 5.95. The molecular weight excluding hydrogens is 308 g/mol. The second-order valence-corrected chi connectivity index (χ2v) is 5.58. The van der Waals surface area contributed by atoms with Crippen LogP contribution in [0.4, 0.5) is 11.4 Å². The molecule has 0 unspecified atom stereocenters. The van der Waals surface area contributed by atoms with E-state index in [0.717, 1.165) is 11.1 Å². The largest absolute Gasteiger partial charge is 0.481 e. The fourth-order valence-corrected chi connectivity index (χ4v) is 2.25. The molecular formula is C18H20N2O4. The number of aryl methyl sites for hydroxylation is 2. The van der Waals surface area contributed by atoms with Gasteiger partial charge in [0.2, 0.25) is 0 Å².